The second kappa shape index (κ2) is 6.03. The molecule has 0 radical (unpaired) electrons. The molecule has 1 aliphatic carbocycles. The maximum atomic E-state index is 11.4. The number of rotatable bonds is 3. The molecule has 1 aliphatic heterocycles. The Kier molecular flexibility index (Phi) is 4.26. The summed E-state index contributed by atoms with van der Waals surface area (Å²) in [6.07, 6.45) is 7.85. The molecule has 1 spiro atoms. The van der Waals surface area contributed by atoms with E-state index >= 15 is 0 Å². The van der Waals surface area contributed by atoms with Crippen LogP contribution in [0, 0.1) is 18.3 Å². The van der Waals surface area contributed by atoms with Gasteiger partial charge < -0.3 is 9.63 Å². The first kappa shape index (κ1) is 15.5. The van der Waals surface area contributed by atoms with Gasteiger partial charge in [-0.25, -0.2) is 4.79 Å². The van der Waals surface area contributed by atoms with Crippen LogP contribution in [0.15, 0.2) is 4.52 Å². The number of carbonyl (C=O) groups is 1. The van der Waals surface area contributed by atoms with Gasteiger partial charge in [0.2, 0.25) is 0 Å². The van der Waals surface area contributed by atoms with Crippen molar-refractivity contribution in [2.45, 2.75) is 58.9 Å². The molecule has 122 valence electrons. The van der Waals surface area contributed by atoms with E-state index in [4.69, 9.17) is 4.52 Å². The van der Waals surface area contributed by atoms with Gasteiger partial charge in [-0.2, -0.15) is 0 Å². The quantitative estimate of drug-likeness (QED) is 0.926. The highest BCUT2D eigenvalue weighted by molar-refractivity contribution is 5.89. The molecule has 0 aromatic carbocycles. The summed E-state index contributed by atoms with van der Waals surface area (Å²) in [7, 11) is 0. The van der Waals surface area contributed by atoms with Crippen LogP contribution < -0.4 is 0 Å². The van der Waals surface area contributed by atoms with Crippen molar-refractivity contribution in [3.05, 3.63) is 17.0 Å². The Hall–Kier alpha value is -1.36. The first-order valence-corrected chi connectivity index (χ1v) is 8.43. The minimum absolute atomic E-state index is 0.247. The minimum Gasteiger partial charge on any atom is -0.477 e. The first-order chi connectivity index (χ1) is 10.5. The fourth-order valence-electron chi connectivity index (χ4n) is 4.42. The van der Waals surface area contributed by atoms with Crippen LogP contribution in [-0.2, 0) is 6.54 Å². The number of carboxylic acid groups (broad SMARTS) is 1. The predicted molar refractivity (Wildman–Crippen MR) is 82.8 cm³/mol. The minimum atomic E-state index is -0.938. The number of aryl methyl sites for hydroxylation is 1. The van der Waals surface area contributed by atoms with Crippen LogP contribution in [-0.4, -0.2) is 34.2 Å². The molecule has 1 aromatic rings. The summed E-state index contributed by atoms with van der Waals surface area (Å²) in [5.74, 6) is 0.230. The third kappa shape index (κ3) is 2.78. The number of piperidine rings is 1. The van der Waals surface area contributed by atoms with E-state index in [0.717, 1.165) is 19.0 Å². The maximum Gasteiger partial charge on any atom is 0.341 e. The summed E-state index contributed by atoms with van der Waals surface area (Å²) in [6.45, 7) is 6.74. The smallest absolute Gasteiger partial charge is 0.341 e. The third-order valence-corrected chi connectivity index (χ3v) is 5.83. The monoisotopic (exact) mass is 306 g/mol. The molecule has 2 aliphatic rings. The largest absolute Gasteiger partial charge is 0.477 e. The van der Waals surface area contributed by atoms with Crippen molar-refractivity contribution >= 4 is 5.97 Å². The molecule has 1 unspecified atom stereocenters. The molecule has 1 saturated carbocycles. The number of aromatic nitrogens is 1. The van der Waals surface area contributed by atoms with Crippen molar-refractivity contribution in [2.75, 3.05) is 13.1 Å². The van der Waals surface area contributed by atoms with Gasteiger partial charge in [0, 0.05) is 13.1 Å². The van der Waals surface area contributed by atoms with Crippen LogP contribution in [0.5, 0.6) is 0 Å². The van der Waals surface area contributed by atoms with E-state index in [2.05, 4.69) is 17.0 Å². The average molecular weight is 306 g/mol. The zero-order valence-electron chi connectivity index (χ0n) is 13.6. The molecule has 0 bridgehead atoms. The van der Waals surface area contributed by atoms with Crippen LogP contribution >= 0.6 is 0 Å². The summed E-state index contributed by atoms with van der Waals surface area (Å²) < 4.78 is 5.10. The summed E-state index contributed by atoms with van der Waals surface area (Å²) in [5.41, 5.74) is 1.25. The van der Waals surface area contributed by atoms with Gasteiger partial charge in [0.1, 0.15) is 17.0 Å². The zero-order valence-corrected chi connectivity index (χ0v) is 13.6. The lowest BCUT2D eigenvalue weighted by Crippen LogP contribution is -2.48. The molecular formula is C17H26N2O3. The van der Waals surface area contributed by atoms with Gasteiger partial charge in [-0.1, -0.05) is 31.3 Å². The van der Waals surface area contributed by atoms with Gasteiger partial charge in [-0.3, -0.25) is 4.90 Å². The topological polar surface area (TPSA) is 66.6 Å². The van der Waals surface area contributed by atoms with Crippen LogP contribution in [0.4, 0.5) is 0 Å². The van der Waals surface area contributed by atoms with Crippen LogP contribution in [0.25, 0.3) is 0 Å². The Morgan fingerprint density at radius 3 is 2.82 bits per heavy atom. The second-order valence-electron chi connectivity index (χ2n) is 7.19. The van der Waals surface area contributed by atoms with E-state index in [1.807, 2.05) is 0 Å². The van der Waals surface area contributed by atoms with Crippen molar-refractivity contribution < 1.29 is 14.4 Å². The molecule has 1 atom stereocenters. The fourth-order valence-corrected chi connectivity index (χ4v) is 4.42. The van der Waals surface area contributed by atoms with Crippen molar-refractivity contribution in [3.63, 3.8) is 0 Å². The molecule has 2 fully saturated rings. The molecule has 5 heteroatoms. The Labute approximate surface area is 131 Å². The Bertz CT molecular complexity index is 546. The van der Waals surface area contributed by atoms with E-state index in [1.54, 1.807) is 6.92 Å². The van der Waals surface area contributed by atoms with Gasteiger partial charge in [-0.05, 0) is 44.1 Å². The Balaban J connectivity index is 1.75. The normalized spacial score (nSPS) is 25.5. The van der Waals surface area contributed by atoms with Crippen molar-refractivity contribution in [3.8, 4) is 0 Å². The number of carboxylic acids is 1. The number of aromatic carboxylic acids is 1. The molecule has 22 heavy (non-hydrogen) atoms. The number of hydrogen-bond acceptors (Lipinski definition) is 4. The van der Waals surface area contributed by atoms with E-state index in [0.29, 0.717) is 23.4 Å². The molecule has 5 nitrogen and oxygen atoms in total. The number of nitrogens with zero attached hydrogens (tertiary/aromatic N) is 2. The van der Waals surface area contributed by atoms with Crippen LogP contribution in [0.2, 0.25) is 0 Å². The lowest BCUT2D eigenvalue weighted by Gasteiger charge is -2.49. The van der Waals surface area contributed by atoms with Gasteiger partial charge in [0.05, 0.1) is 0 Å². The maximum absolute atomic E-state index is 11.4. The first-order valence-electron chi connectivity index (χ1n) is 8.43. The fraction of sp³-hybridized carbons (Fsp3) is 0.765. The molecule has 3 rings (SSSR count). The summed E-state index contributed by atoms with van der Waals surface area (Å²) in [4.78, 5) is 13.8. The van der Waals surface area contributed by atoms with E-state index < -0.39 is 5.97 Å². The molecule has 1 N–H and O–H groups in total. The highest BCUT2D eigenvalue weighted by Crippen LogP contribution is 2.47. The standard InChI is InChI=1S/C17H26N2O3/c1-12-6-9-19(11-17(12)7-4-3-5-8-17)10-14-15(16(20)21)13(2)22-18-14/h12H,3-11H2,1-2H3,(H,20,21). The average Bonchev–Trinajstić information content (AvgIpc) is 2.85. The number of likely N-dealkylation sites (tertiary alicyclic amines) is 1. The molecule has 2 heterocycles. The van der Waals surface area contributed by atoms with E-state index in [1.165, 1.54) is 38.5 Å². The van der Waals surface area contributed by atoms with Crippen molar-refractivity contribution in [1.29, 1.82) is 0 Å². The van der Waals surface area contributed by atoms with Gasteiger partial charge in [0.25, 0.3) is 0 Å². The highest BCUT2D eigenvalue weighted by Gasteiger charge is 2.41. The highest BCUT2D eigenvalue weighted by atomic mass is 16.5. The Morgan fingerprint density at radius 2 is 2.14 bits per heavy atom. The molecule has 0 amide bonds. The summed E-state index contributed by atoms with van der Waals surface area (Å²) in [6, 6.07) is 0. The number of hydrogen-bond donors (Lipinski definition) is 1. The third-order valence-electron chi connectivity index (χ3n) is 5.83. The van der Waals surface area contributed by atoms with E-state index in [9.17, 15) is 9.90 Å². The van der Waals surface area contributed by atoms with Crippen LogP contribution in [0.1, 0.15) is 67.3 Å². The van der Waals surface area contributed by atoms with Crippen molar-refractivity contribution in [1.82, 2.24) is 10.1 Å². The van der Waals surface area contributed by atoms with Crippen LogP contribution in [0.3, 0.4) is 0 Å². The van der Waals surface area contributed by atoms with E-state index in [-0.39, 0.29) is 5.56 Å². The molecule has 1 saturated heterocycles. The summed E-state index contributed by atoms with van der Waals surface area (Å²) >= 11 is 0. The zero-order chi connectivity index (χ0) is 15.7. The predicted octanol–water partition coefficient (Wildman–Crippen LogP) is 3.47. The lowest BCUT2D eigenvalue weighted by molar-refractivity contribution is -0.000118. The summed E-state index contributed by atoms with van der Waals surface area (Å²) in [5, 5.41) is 13.3. The molecular weight excluding hydrogens is 280 g/mol. The SMILES string of the molecule is Cc1onc(CN2CCC(C)C3(CCCCC3)C2)c1C(=O)O. The van der Waals surface area contributed by atoms with Gasteiger partial charge >= 0.3 is 5.97 Å². The lowest BCUT2D eigenvalue weighted by atomic mass is 9.63. The van der Waals surface area contributed by atoms with Gasteiger partial charge in [0.15, 0.2) is 0 Å². The van der Waals surface area contributed by atoms with Crippen molar-refractivity contribution in [2.24, 2.45) is 11.3 Å². The second-order valence-corrected chi connectivity index (χ2v) is 7.19. The Morgan fingerprint density at radius 1 is 1.41 bits per heavy atom. The van der Waals surface area contributed by atoms with Gasteiger partial charge in [-0.15, -0.1) is 0 Å². The molecule has 1 aromatic heterocycles.